The Morgan fingerprint density at radius 1 is 1.29 bits per heavy atom. The van der Waals surface area contributed by atoms with E-state index in [1.165, 1.54) is 5.57 Å². The Kier molecular flexibility index (Phi) is 5.02. The minimum Gasteiger partial charge on any atom is -0.373 e. The molecule has 0 fully saturated rings. The van der Waals surface area contributed by atoms with Gasteiger partial charge in [-0.1, -0.05) is 6.08 Å². The number of urea groups is 1. The van der Waals surface area contributed by atoms with Crippen molar-refractivity contribution < 1.29 is 4.79 Å². The summed E-state index contributed by atoms with van der Waals surface area (Å²) in [7, 11) is 1.85. The highest BCUT2D eigenvalue weighted by molar-refractivity contribution is 5.88. The molecule has 0 saturated carbocycles. The van der Waals surface area contributed by atoms with Crippen molar-refractivity contribution in [2.45, 2.75) is 0 Å². The van der Waals surface area contributed by atoms with E-state index in [1.54, 1.807) is 24.5 Å². The first kappa shape index (κ1) is 15.9. The Morgan fingerprint density at radius 2 is 2.21 bits per heavy atom. The third-order valence-corrected chi connectivity index (χ3v) is 3.76. The Balaban J connectivity index is 1.46. The fourth-order valence-electron chi connectivity index (χ4n) is 2.47. The van der Waals surface area contributed by atoms with Crippen LogP contribution in [0.3, 0.4) is 0 Å². The highest BCUT2D eigenvalue weighted by Crippen LogP contribution is 2.20. The van der Waals surface area contributed by atoms with E-state index < -0.39 is 0 Å². The normalized spacial score (nSPS) is 14.1. The molecule has 3 heterocycles. The van der Waals surface area contributed by atoms with Gasteiger partial charge in [0.25, 0.3) is 0 Å². The topological polar surface area (TPSA) is 82.2 Å². The van der Waals surface area contributed by atoms with Crippen LogP contribution in [-0.4, -0.2) is 47.7 Å². The van der Waals surface area contributed by atoms with Crippen molar-refractivity contribution in [2.24, 2.45) is 0 Å². The van der Waals surface area contributed by atoms with Gasteiger partial charge in [0.05, 0.1) is 18.6 Å². The number of anilines is 2. The summed E-state index contributed by atoms with van der Waals surface area (Å²) in [6.07, 6.45) is 7.30. The van der Waals surface area contributed by atoms with Crippen LogP contribution < -0.4 is 16.0 Å². The number of carbonyl (C=O) groups excluding carboxylic acids is 1. The molecule has 0 spiro atoms. The molecule has 0 aromatic carbocycles. The van der Waals surface area contributed by atoms with Gasteiger partial charge >= 0.3 is 6.03 Å². The van der Waals surface area contributed by atoms with Crippen molar-refractivity contribution >= 4 is 23.1 Å². The number of hydrogen-bond acceptors (Lipinski definition) is 5. The average molecular weight is 324 g/mol. The highest BCUT2D eigenvalue weighted by atomic mass is 16.2. The van der Waals surface area contributed by atoms with Gasteiger partial charge in [-0.2, -0.15) is 0 Å². The Labute approximate surface area is 140 Å². The predicted octanol–water partition coefficient (Wildman–Crippen LogP) is 2.00. The second-order valence-electron chi connectivity index (χ2n) is 5.45. The van der Waals surface area contributed by atoms with Gasteiger partial charge in [0.2, 0.25) is 0 Å². The molecule has 2 amide bonds. The van der Waals surface area contributed by atoms with Crippen molar-refractivity contribution in [1.82, 2.24) is 20.2 Å². The highest BCUT2D eigenvalue weighted by Gasteiger charge is 2.16. The standard InChI is InChI=1S/C17H20N6O/c1-18-16-5-4-13(9-20-16)14-6-8-23(11-14)12-21-17(24)22-15-3-2-7-19-10-15/h2-7,9-10H,8,11-12H2,1H3,(H,18,20)(H2,21,22,24). The SMILES string of the molecule is CNc1ccc(C2=CCN(CNC(=O)Nc3cccnc3)C2)cn1. The third-order valence-electron chi connectivity index (χ3n) is 3.76. The molecule has 24 heavy (non-hydrogen) atoms. The zero-order valence-electron chi connectivity index (χ0n) is 13.5. The van der Waals surface area contributed by atoms with Gasteiger partial charge in [0.1, 0.15) is 5.82 Å². The van der Waals surface area contributed by atoms with Gasteiger partial charge in [0.15, 0.2) is 0 Å². The van der Waals surface area contributed by atoms with Crippen LogP contribution in [0.5, 0.6) is 0 Å². The zero-order valence-corrected chi connectivity index (χ0v) is 13.5. The number of amides is 2. The molecule has 2 aromatic heterocycles. The minimum atomic E-state index is -0.239. The lowest BCUT2D eigenvalue weighted by molar-refractivity contribution is 0.242. The van der Waals surface area contributed by atoms with Gasteiger partial charge in [0, 0.05) is 32.5 Å². The maximum absolute atomic E-state index is 11.9. The van der Waals surface area contributed by atoms with Crippen molar-refractivity contribution in [3.8, 4) is 0 Å². The summed E-state index contributed by atoms with van der Waals surface area (Å²) in [6, 6.07) is 7.34. The summed E-state index contributed by atoms with van der Waals surface area (Å²) in [5.74, 6) is 0.850. The lowest BCUT2D eigenvalue weighted by Crippen LogP contribution is -2.38. The van der Waals surface area contributed by atoms with E-state index >= 15 is 0 Å². The van der Waals surface area contributed by atoms with E-state index in [4.69, 9.17) is 0 Å². The third kappa shape index (κ3) is 4.08. The molecule has 3 rings (SSSR count). The fraction of sp³-hybridized carbons (Fsp3) is 0.235. The summed E-state index contributed by atoms with van der Waals surface area (Å²) in [5, 5.41) is 8.61. The Hall–Kier alpha value is -2.93. The van der Waals surface area contributed by atoms with Gasteiger partial charge in [-0.05, 0) is 35.4 Å². The molecule has 124 valence electrons. The lowest BCUT2D eigenvalue weighted by atomic mass is 10.1. The van der Waals surface area contributed by atoms with Gasteiger partial charge in [-0.3, -0.25) is 9.88 Å². The summed E-state index contributed by atoms with van der Waals surface area (Å²) >= 11 is 0. The van der Waals surface area contributed by atoms with Crippen LogP contribution in [0.15, 0.2) is 48.9 Å². The molecule has 0 radical (unpaired) electrons. The second-order valence-corrected chi connectivity index (χ2v) is 5.45. The minimum absolute atomic E-state index is 0.239. The maximum atomic E-state index is 11.9. The zero-order chi connectivity index (χ0) is 16.8. The predicted molar refractivity (Wildman–Crippen MR) is 94.6 cm³/mol. The van der Waals surface area contributed by atoms with Crippen LogP contribution in [0, 0.1) is 0 Å². The number of carbonyl (C=O) groups is 1. The Bertz CT molecular complexity index is 714. The first-order chi connectivity index (χ1) is 11.7. The monoisotopic (exact) mass is 324 g/mol. The molecular formula is C17H20N6O. The molecular weight excluding hydrogens is 304 g/mol. The van der Waals surface area contributed by atoms with Crippen molar-refractivity contribution in [3.05, 3.63) is 54.5 Å². The molecule has 0 atom stereocenters. The molecule has 0 saturated heterocycles. The van der Waals surface area contributed by atoms with Crippen LogP contribution in [0.2, 0.25) is 0 Å². The van der Waals surface area contributed by atoms with Gasteiger partial charge in [-0.25, -0.2) is 9.78 Å². The number of aromatic nitrogens is 2. The first-order valence-corrected chi connectivity index (χ1v) is 7.75. The first-order valence-electron chi connectivity index (χ1n) is 7.75. The van der Waals surface area contributed by atoms with Crippen LogP contribution in [0.4, 0.5) is 16.3 Å². The molecule has 7 nitrogen and oxygen atoms in total. The van der Waals surface area contributed by atoms with Crippen LogP contribution in [-0.2, 0) is 0 Å². The lowest BCUT2D eigenvalue weighted by Gasteiger charge is -2.17. The summed E-state index contributed by atoms with van der Waals surface area (Å²) < 4.78 is 0. The Morgan fingerprint density at radius 3 is 2.92 bits per heavy atom. The van der Waals surface area contributed by atoms with E-state index in [2.05, 4.69) is 43.0 Å². The molecule has 2 aromatic rings. The molecule has 0 unspecified atom stereocenters. The molecule has 1 aliphatic rings. The molecule has 0 bridgehead atoms. The van der Waals surface area contributed by atoms with Gasteiger partial charge in [-0.15, -0.1) is 0 Å². The summed E-state index contributed by atoms with van der Waals surface area (Å²) in [6.45, 7) is 2.07. The van der Waals surface area contributed by atoms with Crippen molar-refractivity contribution in [3.63, 3.8) is 0 Å². The number of nitrogens with zero attached hydrogens (tertiary/aromatic N) is 3. The van der Waals surface area contributed by atoms with Crippen LogP contribution in [0.1, 0.15) is 5.56 Å². The second kappa shape index (κ2) is 7.56. The fourth-order valence-corrected chi connectivity index (χ4v) is 2.47. The largest absolute Gasteiger partial charge is 0.373 e. The van der Waals surface area contributed by atoms with Gasteiger partial charge < -0.3 is 16.0 Å². The van der Waals surface area contributed by atoms with E-state index in [1.807, 2.05) is 19.3 Å². The number of nitrogens with one attached hydrogen (secondary N) is 3. The molecule has 1 aliphatic heterocycles. The van der Waals surface area contributed by atoms with E-state index in [9.17, 15) is 4.79 Å². The van der Waals surface area contributed by atoms with Crippen molar-refractivity contribution in [1.29, 1.82) is 0 Å². The van der Waals surface area contributed by atoms with E-state index in [0.717, 1.165) is 24.5 Å². The molecule has 3 N–H and O–H groups in total. The number of pyridine rings is 2. The number of hydrogen-bond donors (Lipinski definition) is 3. The van der Waals surface area contributed by atoms with E-state index in [-0.39, 0.29) is 6.03 Å². The average Bonchev–Trinajstić information content (AvgIpc) is 3.10. The van der Waals surface area contributed by atoms with Crippen molar-refractivity contribution in [2.75, 3.05) is 37.4 Å². The van der Waals surface area contributed by atoms with Crippen LogP contribution in [0.25, 0.3) is 5.57 Å². The summed E-state index contributed by atoms with van der Waals surface area (Å²) in [5.41, 5.74) is 3.00. The maximum Gasteiger partial charge on any atom is 0.320 e. The number of rotatable bonds is 5. The molecule has 0 aliphatic carbocycles. The summed E-state index contributed by atoms with van der Waals surface area (Å²) in [4.78, 5) is 22.3. The quantitative estimate of drug-likeness (QED) is 0.783. The smallest absolute Gasteiger partial charge is 0.320 e. The van der Waals surface area contributed by atoms with E-state index in [0.29, 0.717) is 12.4 Å². The van der Waals surface area contributed by atoms with Crippen LogP contribution >= 0.6 is 0 Å². The molecule has 7 heteroatoms.